The molecule has 0 fully saturated rings. The normalized spacial score (nSPS) is 15.7. The van der Waals surface area contributed by atoms with Crippen LogP contribution < -0.4 is 9.77 Å². The third kappa shape index (κ3) is 3.63. The van der Waals surface area contributed by atoms with E-state index in [9.17, 15) is 27.6 Å². The molecule has 160 valence electrons. The van der Waals surface area contributed by atoms with Crippen molar-refractivity contribution in [1.29, 1.82) is 0 Å². The second-order valence-electron chi connectivity index (χ2n) is 6.82. The van der Waals surface area contributed by atoms with Crippen molar-refractivity contribution in [2.45, 2.75) is 18.9 Å². The Morgan fingerprint density at radius 3 is 2.35 bits per heavy atom. The van der Waals surface area contributed by atoms with E-state index in [4.69, 9.17) is 0 Å². The number of rotatable bonds is 4. The van der Waals surface area contributed by atoms with E-state index in [1.165, 1.54) is 18.2 Å². The molecule has 1 aromatic heterocycles. The zero-order valence-electron chi connectivity index (χ0n) is 16.1. The molecule has 1 aliphatic rings. The smallest absolute Gasteiger partial charge is 0.325 e. The van der Waals surface area contributed by atoms with Crippen LogP contribution in [0.1, 0.15) is 22.8 Å². The molecule has 0 saturated carbocycles. The standard InChI is InChI=1S/C21H15F3N2O4S/c1-30-17(28)10-25-20-19(31-21(25)29)13(18-14(23)3-2-4-15(18)24)9-16(27)26(20)12-7-5-11(22)6-8-12/h2-8,13H,9-10H2,1H3/t13-/m1/s1. The van der Waals surface area contributed by atoms with Crippen molar-refractivity contribution in [3.05, 3.63) is 80.0 Å². The van der Waals surface area contributed by atoms with Gasteiger partial charge in [-0.25, -0.2) is 13.2 Å². The maximum absolute atomic E-state index is 14.5. The number of methoxy groups -OCH3 is 1. The number of carbonyl (C=O) groups excluding carboxylic acids is 2. The third-order valence-corrected chi connectivity index (χ3v) is 6.08. The van der Waals surface area contributed by atoms with E-state index in [0.717, 1.165) is 40.8 Å². The van der Waals surface area contributed by atoms with E-state index in [0.29, 0.717) is 11.3 Å². The summed E-state index contributed by atoms with van der Waals surface area (Å²) in [6.07, 6.45) is -0.319. The number of aromatic nitrogens is 1. The number of hydrogen-bond donors (Lipinski definition) is 0. The van der Waals surface area contributed by atoms with Gasteiger partial charge in [0.2, 0.25) is 5.91 Å². The highest BCUT2D eigenvalue weighted by Crippen LogP contribution is 2.45. The average Bonchev–Trinajstić information content (AvgIpc) is 3.05. The predicted molar refractivity (Wildman–Crippen MR) is 107 cm³/mol. The Kier molecular flexibility index (Phi) is 5.40. The highest BCUT2D eigenvalue weighted by atomic mass is 32.1. The minimum atomic E-state index is -1.06. The van der Waals surface area contributed by atoms with Crippen molar-refractivity contribution >= 4 is 34.7 Å². The maximum atomic E-state index is 14.5. The predicted octanol–water partition coefficient (Wildman–Crippen LogP) is 3.70. The zero-order chi connectivity index (χ0) is 22.3. The summed E-state index contributed by atoms with van der Waals surface area (Å²) in [4.78, 5) is 38.5. The van der Waals surface area contributed by atoms with Crippen LogP contribution in [-0.2, 0) is 20.9 Å². The second kappa shape index (κ2) is 8.03. The van der Waals surface area contributed by atoms with Gasteiger partial charge in [0, 0.05) is 17.9 Å². The van der Waals surface area contributed by atoms with E-state index >= 15 is 0 Å². The number of amides is 1. The molecule has 10 heteroatoms. The summed E-state index contributed by atoms with van der Waals surface area (Å²) in [5, 5.41) is 0. The zero-order valence-corrected chi connectivity index (χ0v) is 16.9. The van der Waals surface area contributed by atoms with E-state index in [2.05, 4.69) is 4.74 Å². The molecule has 3 aromatic rings. The number of benzene rings is 2. The Labute approximate surface area is 178 Å². The third-order valence-electron chi connectivity index (χ3n) is 5.00. The van der Waals surface area contributed by atoms with Gasteiger partial charge in [-0.1, -0.05) is 17.4 Å². The molecule has 0 spiro atoms. The molecule has 0 N–H and O–H groups in total. The first-order valence-corrected chi connectivity index (χ1v) is 9.96. The SMILES string of the molecule is COC(=O)Cn1c2c(sc1=O)[C@@H](c1c(F)cccc1F)CC(=O)N2c1ccc(F)cc1. The number of anilines is 2. The number of nitrogens with zero attached hydrogens (tertiary/aromatic N) is 2. The van der Waals surface area contributed by atoms with Crippen LogP contribution in [0.3, 0.4) is 0 Å². The molecule has 0 aliphatic carbocycles. The van der Waals surface area contributed by atoms with E-state index < -0.39 is 46.7 Å². The van der Waals surface area contributed by atoms with Crippen molar-refractivity contribution in [2.24, 2.45) is 0 Å². The number of hydrogen-bond acceptors (Lipinski definition) is 5. The van der Waals surface area contributed by atoms with Gasteiger partial charge in [0.15, 0.2) is 0 Å². The average molecular weight is 448 g/mol. The molecule has 6 nitrogen and oxygen atoms in total. The lowest BCUT2D eigenvalue weighted by molar-refractivity contribution is -0.141. The number of fused-ring (bicyclic) bond motifs is 1. The fourth-order valence-corrected chi connectivity index (χ4v) is 4.70. The van der Waals surface area contributed by atoms with Gasteiger partial charge in [0.25, 0.3) is 0 Å². The van der Waals surface area contributed by atoms with Gasteiger partial charge in [-0.15, -0.1) is 0 Å². The molecule has 4 rings (SSSR count). The topological polar surface area (TPSA) is 68.6 Å². The minimum Gasteiger partial charge on any atom is -0.468 e. The van der Waals surface area contributed by atoms with Gasteiger partial charge in [0.05, 0.1) is 17.7 Å². The van der Waals surface area contributed by atoms with Gasteiger partial charge in [-0.2, -0.15) is 0 Å². The molecule has 1 aliphatic heterocycles. The van der Waals surface area contributed by atoms with Gasteiger partial charge in [-0.05, 0) is 36.4 Å². The fraction of sp³-hybridized carbons (Fsp3) is 0.190. The number of halogens is 3. The van der Waals surface area contributed by atoms with E-state index in [1.54, 1.807) is 0 Å². The summed E-state index contributed by atoms with van der Waals surface area (Å²) in [5.74, 6) is -4.58. The lowest BCUT2D eigenvalue weighted by atomic mass is 9.89. The molecule has 0 unspecified atom stereocenters. The highest BCUT2D eigenvalue weighted by Gasteiger charge is 2.40. The van der Waals surface area contributed by atoms with Crippen LogP contribution in [0.2, 0.25) is 0 Å². The molecule has 31 heavy (non-hydrogen) atoms. The molecule has 2 heterocycles. The van der Waals surface area contributed by atoms with E-state index in [1.807, 2.05) is 0 Å². The summed E-state index contributed by atoms with van der Waals surface area (Å²) in [5.41, 5.74) is -0.0844. The quantitative estimate of drug-likeness (QED) is 0.571. The Hall–Kier alpha value is -3.40. The largest absolute Gasteiger partial charge is 0.468 e. The molecule has 2 aromatic carbocycles. The Morgan fingerprint density at radius 2 is 1.74 bits per heavy atom. The Bertz CT molecular complexity index is 1220. The van der Waals surface area contributed by atoms with E-state index in [-0.39, 0.29) is 28.4 Å². The lowest BCUT2D eigenvalue weighted by Gasteiger charge is -2.32. The lowest BCUT2D eigenvalue weighted by Crippen LogP contribution is -2.36. The van der Waals surface area contributed by atoms with Crippen LogP contribution >= 0.6 is 11.3 Å². The first kappa shape index (κ1) is 20.9. The number of ether oxygens (including phenoxy) is 1. The summed E-state index contributed by atoms with van der Waals surface area (Å²) in [6.45, 7) is -0.501. The van der Waals surface area contributed by atoms with Crippen molar-refractivity contribution in [3.63, 3.8) is 0 Å². The fourth-order valence-electron chi connectivity index (χ4n) is 3.62. The van der Waals surface area contributed by atoms with Gasteiger partial charge in [-0.3, -0.25) is 23.9 Å². The summed E-state index contributed by atoms with van der Waals surface area (Å²) in [7, 11) is 1.15. The molecule has 0 bridgehead atoms. The Balaban J connectivity index is 1.96. The number of thiazole rings is 1. The van der Waals surface area contributed by atoms with Gasteiger partial charge in [0.1, 0.15) is 29.8 Å². The maximum Gasteiger partial charge on any atom is 0.325 e. The first-order chi connectivity index (χ1) is 14.8. The highest BCUT2D eigenvalue weighted by molar-refractivity contribution is 7.10. The summed E-state index contributed by atoms with van der Waals surface area (Å²) < 4.78 is 48.1. The van der Waals surface area contributed by atoms with Crippen molar-refractivity contribution in [1.82, 2.24) is 4.57 Å². The minimum absolute atomic E-state index is 0.0101. The monoisotopic (exact) mass is 448 g/mol. The number of carbonyl (C=O) groups is 2. The van der Waals surface area contributed by atoms with Crippen molar-refractivity contribution < 1.29 is 27.5 Å². The molecule has 1 atom stereocenters. The van der Waals surface area contributed by atoms with Crippen molar-refractivity contribution in [3.8, 4) is 0 Å². The van der Waals surface area contributed by atoms with Gasteiger partial charge >= 0.3 is 10.8 Å². The number of esters is 1. The molecular weight excluding hydrogens is 433 g/mol. The Morgan fingerprint density at radius 1 is 1.10 bits per heavy atom. The van der Waals surface area contributed by atoms with Crippen LogP contribution in [0.4, 0.5) is 24.7 Å². The van der Waals surface area contributed by atoms with Crippen molar-refractivity contribution in [2.75, 3.05) is 12.0 Å². The summed E-state index contributed by atoms with van der Waals surface area (Å²) >= 11 is 0.692. The first-order valence-electron chi connectivity index (χ1n) is 9.14. The van der Waals surface area contributed by atoms with Gasteiger partial charge < -0.3 is 4.74 Å². The molecule has 0 radical (unpaired) electrons. The van der Waals surface area contributed by atoms with Crippen LogP contribution in [0.25, 0.3) is 0 Å². The van der Waals surface area contributed by atoms with Crippen LogP contribution in [0.15, 0.2) is 47.3 Å². The molecule has 0 saturated heterocycles. The van der Waals surface area contributed by atoms with Crippen LogP contribution in [0, 0.1) is 17.5 Å². The summed E-state index contributed by atoms with van der Waals surface area (Å²) in [6, 6.07) is 8.30. The second-order valence-corrected chi connectivity index (χ2v) is 7.81. The van der Waals surface area contributed by atoms with Crippen LogP contribution in [-0.4, -0.2) is 23.6 Å². The molecule has 1 amide bonds. The molecular formula is C21H15F3N2O4S. The van der Waals surface area contributed by atoms with Crippen LogP contribution in [0.5, 0.6) is 0 Å².